The van der Waals surface area contributed by atoms with E-state index < -0.39 is 5.41 Å². The van der Waals surface area contributed by atoms with Gasteiger partial charge in [-0.3, -0.25) is 14.7 Å². The van der Waals surface area contributed by atoms with E-state index in [1.54, 1.807) is 6.20 Å². The molecule has 28 heavy (non-hydrogen) atoms. The summed E-state index contributed by atoms with van der Waals surface area (Å²) in [6.07, 6.45) is 4.11. The normalized spacial score (nSPS) is 15.7. The first-order valence-electron chi connectivity index (χ1n) is 9.90. The lowest BCUT2D eigenvalue weighted by atomic mass is 9.96. The van der Waals surface area contributed by atoms with E-state index in [-0.39, 0.29) is 17.9 Å². The number of aromatic amines is 1. The molecule has 8 nitrogen and oxygen atoms in total. The monoisotopic (exact) mass is 386 g/mol. The summed E-state index contributed by atoms with van der Waals surface area (Å²) in [6, 6.07) is 1.97. The van der Waals surface area contributed by atoms with Gasteiger partial charge in [-0.2, -0.15) is 10.2 Å². The molecule has 2 amide bonds. The number of hydrogen-bond acceptors (Lipinski definition) is 4. The third kappa shape index (κ3) is 3.95. The highest BCUT2D eigenvalue weighted by Crippen LogP contribution is 2.27. The first-order valence-corrected chi connectivity index (χ1v) is 9.90. The minimum atomic E-state index is -0.469. The summed E-state index contributed by atoms with van der Waals surface area (Å²) < 4.78 is 1.88. The Kier molecular flexibility index (Phi) is 5.58. The lowest BCUT2D eigenvalue weighted by molar-refractivity contribution is -0.123. The van der Waals surface area contributed by atoms with Crippen molar-refractivity contribution in [3.05, 3.63) is 29.2 Å². The summed E-state index contributed by atoms with van der Waals surface area (Å²) in [7, 11) is 0. The fraction of sp³-hybridized carbons (Fsp3) is 0.600. The van der Waals surface area contributed by atoms with E-state index in [2.05, 4.69) is 20.6 Å². The van der Waals surface area contributed by atoms with Gasteiger partial charge in [-0.05, 0) is 26.2 Å². The molecule has 0 bridgehead atoms. The molecule has 1 aliphatic rings. The average Bonchev–Trinajstić information content (AvgIpc) is 3.26. The third-order valence-corrected chi connectivity index (χ3v) is 5.36. The Bertz CT molecular complexity index is 852. The van der Waals surface area contributed by atoms with Crippen molar-refractivity contribution in [2.24, 2.45) is 5.41 Å². The van der Waals surface area contributed by atoms with Crippen LogP contribution in [0, 0.1) is 12.3 Å². The number of piperidine rings is 1. The molecule has 0 radical (unpaired) electrons. The van der Waals surface area contributed by atoms with Crippen LogP contribution in [0.2, 0.25) is 0 Å². The van der Waals surface area contributed by atoms with Crippen LogP contribution in [0.1, 0.15) is 68.3 Å². The Balaban J connectivity index is 1.65. The third-order valence-electron chi connectivity index (χ3n) is 5.36. The summed E-state index contributed by atoms with van der Waals surface area (Å²) >= 11 is 0. The van der Waals surface area contributed by atoms with E-state index in [0.29, 0.717) is 24.6 Å². The van der Waals surface area contributed by atoms with Crippen molar-refractivity contribution >= 4 is 17.6 Å². The lowest BCUT2D eigenvalue weighted by Gasteiger charge is -2.32. The largest absolute Gasteiger partial charge is 0.337 e. The molecule has 0 spiro atoms. The molecule has 8 heteroatoms. The molecule has 0 aromatic carbocycles. The highest BCUT2D eigenvalue weighted by molar-refractivity contribution is 5.94. The topological polar surface area (TPSA) is 95.9 Å². The summed E-state index contributed by atoms with van der Waals surface area (Å²) in [5.74, 6) is 0.650. The smallest absolute Gasteiger partial charge is 0.274 e. The van der Waals surface area contributed by atoms with Gasteiger partial charge in [0.15, 0.2) is 5.69 Å². The van der Waals surface area contributed by atoms with Crippen molar-refractivity contribution in [2.45, 2.75) is 59.9 Å². The molecule has 0 atom stereocenters. The van der Waals surface area contributed by atoms with Gasteiger partial charge >= 0.3 is 0 Å². The fourth-order valence-corrected chi connectivity index (χ4v) is 3.46. The van der Waals surface area contributed by atoms with E-state index in [1.165, 1.54) is 0 Å². The van der Waals surface area contributed by atoms with Gasteiger partial charge in [0.2, 0.25) is 5.91 Å². The number of carbonyl (C=O) groups excluding carboxylic acids is 2. The molecule has 2 aromatic rings. The fourth-order valence-electron chi connectivity index (χ4n) is 3.46. The van der Waals surface area contributed by atoms with Crippen molar-refractivity contribution in [3.8, 4) is 0 Å². The summed E-state index contributed by atoms with van der Waals surface area (Å²) in [5.41, 5.74) is 2.00. The van der Waals surface area contributed by atoms with Gasteiger partial charge < -0.3 is 10.2 Å². The van der Waals surface area contributed by atoms with Crippen molar-refractivity contribution in [2.75, 3.05) is 18.4 Å². The predicted octanol–water partition coefficient (Wildman–Crippen LogP) is 2.94. The van der Waals surface area contributed by atoms with E-state index >= 15 is 0 Å². The Morgan fingerprint density at radius 1 is 1.29 bits per heavy atom. The van der Waals surface area contributed by atoms with Gasteiger partial charge in [-0.1, -0.05) is 27.7 Å². The second-order valence-corrected chi connectivity index (χ2v) is 8.42. The van der Waals surface area contributed by atoms with Crippen molar-refractivity contribution in [3.63, 3.8) is 0 Å². The zero-order valence-electron chi connectivity index (χ0n) is 17.4. The summed E-state index contributed by atoms with van der Waals surface area (Å²) in [4.78, 5) is 27.0. The number of carbonyl (C=O) groups is 2. The van der Waals surface area contributed by atoms with Crippen LogP contribution < -0.4 is 5.32 Å². The molecule has 1 aliphatic heterocycles. The lowest BCUT2D eigenvalue weighted by Crippen LogP contribution is -2.40. The number of H-pyrrole nitrogens is 1. The number of rotatable bonds is 4. The van der Waals surface area contributed by atoms with Crippen LogP contribution in [0.3, 0.4) is 0 Å². The van der Waals surface area contributed by atoms with Gasteiger partial charge in [-0.15, -0.1) is 0 Å². The zero-order valence-corrected chi connectivity index (χ0v) is 17.4. The maximum Gasteiger partial charge on any atom is 0.274 e. The average molecular weight is 387 g/mol. The van der Waals surface area contributed by atoms with Gasteiger partial charge in [0.05, 0.1) is 12.2 Å². The molecule has 3 rings (SSSR count). The molecule has 152 valence electrons. The molecule has 0 unspecified atom stereocenters. The molecular formula is C20H30N6O2. The van der Waals surface area contributed by atoms with E-state index in [0.717, 1.165) is 30.5 Å². The number of nitrogens with one attached hydrogen (secondary N) is 2. The van der Waals surface area contributed by atoms with E-state index in [4.69, 9.17) is 0 Å². The molecule has 1 saturated heterocycles. The molecule has 1 fully saturated rings. The van der Waals surface area contributed by atoms with E-state index in [1.807, 2.05) is 50.3 Å². The van der Waals surface area contributed by atoms with Gasteiger partial charge in [0.1, 0.15) is 5.82 Å². The maximum atomic E-state index is 12.8. The number of aryl methyl sites for hydroxylation is 1. The van der Waals surface area contributed by atoms with Crippen LogP contribution in [0.15, 0.2) is 12.3 Å². The van der Waals surface area contributed by atoms with Crippen LogP contribution in [0.25, 0.3) is 0 Å². The van der Waals surface area contributed by atoms with Crippen LogP contribution in [-0.4, -0.2) is 49.8 Å². The van der Waals surface area contributed by atoms with Crippen LogP contribution in [-0.2, 0) is 11.2 Å². The Morgan fingerprint density at radius 3 is 2.54 bits per heavy atom. The minimum Gasteiger partial charge on any atom is -0.337 e. The molecule has 2 N–H and O–H groups in total. The molecule has 0 saturated carbocycles. The number of hydrogen-bond donors (Lipinski definition) is 2. The van der Waals surface area contributed by atoms with Crippen molar-refractivity contribution in [1.29, 1.82) is 0 Å². The SMILES string of the molecule is CCc1[nH]nc(C(=O)N2CCC(n3nccc3NC(=O)C(C)(C)C)CC2)c1C. The highest BCUT2D eigenvalue weighted by Gasteiger charge is 2.29. The second-order valence-electron chi connectivity index (χ2n) is 8.42. The molecule has 0 aliphatic carbocycles. The number of aromatic nitrogens is 4. The summed E-state index contributed by atoms with van der Waals surface area (Å²) in [5, 5.41) is 14.6. The molecule has 2 aromatic heterocycles. The van der Waals surface area contributed by atoms with Gasteiger partial charge in [-0.25, -0.2) is 4.68 Å². The number of nitrogens with zero attached hydrogens (tertiary/aromatic N) is 4. The summed E-state index contributed by atoms with van der Waals surface area (Å²) in [6.45, 7) is 10.9. The highest BCUT2D eigenvalue weighted by atomic mass is 16.2. The predicted molar refractivity (Wildman–Crippen MR) is 107 cm³/mol. The Morgan fingerprint density at radius 2 is 1.96 bits per heavy atom. The van der Waals surface area contributed by atoms with Gasteiger partial charge in [0.25, 0.3) is 5.91 Å². The van der Waals surface area contributed by atoms with Crippen LogP contribution in [0.4, 0.5) is 5.82 Å². The standard InChI is InChI=1S/C20H30N6O2/c1-6-15-13(2)17(24-23-15)18(27)25-11-8-14(9-12-25)26-16(7-10-21-26)22-19(28)20(3,4)5/h7,10,14H,6,8-9,11-12H2,1-5H3,(H,22,28)(H,23,24). The number of amides is 2. The number of likely N-dealkylation sites (tertiary alicyclic amines) is 1. The maximum absolute atomic E-state index is 12.8. The molecular weight excluding hydrogens is 356 g/mol. The van der Waals surface area contributed by atoms with Gasteiger partial charge in [0, 0.05) is 35.8 Å². The quantitative estimate of drug-likeness (QED) is 0.844. The number of anilines is 1. The first kappa shape index (κ1) is 20.1. The van der Waals surface area contributed by atoms with Crippen LogP contribution >= 0.6 is 0 Å². The molecule has 3 heterocycles. The second kappa shape index (κ2) is 7.77. The van der Waals surface area contributed by atoms with Crippen molar-refractivity contribution < 1.29 is 9.59 Å². The van der Waals surface area contributed by atoms with Crippen molar-refractivity contribution in [1.82, 2.24) is 24.9 Å². The first-order chi connectivity index (χ1) is 13.2. The Hall–Kier alpha value is -2.64. The van der Waals surface area contributed by atoms with Crippen LogP contribution in [0.5, 0.6) is 0 Å². The Labute approximate surface area is 165 Å². The zero-order chi connectivity index (χ0) is 20.5. The minimum absolute atomic E-state index is 0.0198. The van der Waals surface area contributed by atoms with E-state index in [9.17, 15) is 9.59 Å².